The van der Waals surface area contributed by atoms with Gasteiger partial charge in [0.2, 0.25) is 0 Å². The molecule has 0 radical (unpaired) electrons. The van der Waals surface area contributed by atoms with E-state index in [4.69, 9.17) is 0 Å². The van der Waals surface area contributed by atoms with Crippen LogP contribution in [0.25, 0.3) is 0 Å². The molecule has 0 N–H and O–H groups in total. The van der Waals surface area contributed by atoms with Gasteiger partial charge in [-0.15, -0.1) is 18.3 Å². The molecular formula is C21H48O4SnTi. The van der Waals surface area contributed by atoms with Gasteiger partial charge in [-0.05, 0) is 0 Å². The summed E-state index contributed by atoms with van der Waals surface area (Å²) in [6, 6.07) is 0. The van der Waals surface area contributed by atoms with Crippen molar-refractivity contribution >= 4 is 18.8 Å². The van der Waals surface area contributed by atoms with Gasteiger partial charge in [-0.25, -0.2) is 0 Å². The van der Waals surface area contributed by atoms with Crippen molar-refractivity contribution in [3.05, 3.63) is 0 Å². The van der Waals surface area contributed by atoms with Gasteiger partial charge in [0.1, 0.15) is 0 Å². The fourth-order valence-corrected chi connectivity index (χ4v) is 12.6. The molecule has 0 aromatic rings. The Bertz CT molecular complexity index is 196. The minimum absolute atomic E-state index is 0. The minimum atomic E-state index is -2.81. The number of hydrogen-bond donors (Lipinski definition) is 0. The first-order chi connectivity index (χ1) is 11.9. The molecule has 0 saturated heterocycles. The summed E-state index contributed by atoms with van der Waals surface area (Å²) in [6.07, 6.45) is 5.98. The summed E-state index contributed by atoms with van der Waals surface area (Å²) in [6.45, 7) is 16.3. The smallest absolute Gasteiger partial charge is 4.00 e. The molecule has 4 nitrogen and oxygen atoms in total. The van der Waals surface area contributed by atoms with Crippen LogP contribution in [0.5, 0.6) is 0 Å². The third-order valence-corrected chi connectivity index (χ3v) is 13.8. The van der Waals surface area contributed by atoms with Gasteiger partial charge < -0.3 is 15.3 Å². The maximum Gasteiger partial charge on any atom is 4.00 e. The maximum absolute atomic E-state index is 12.6. The maximum atomic E-state index is 12.6. The molecule has 6 heteroatoms. The van der Waals surface area contributed by atoms with E-state index in [0.29, 0.717) is 0 Å². The van der Waals surface area contributed by atoms with Crippen LogP contribution in [-0.2, 0) is 21.7 Å². The predicted octanol–water partition coefficient (Wildman–Crippen LogP) is 2.96. The van der Waals surface area contributed by atoms with Gasteiger partial charge in [0.05, 0.1) is 0 Å². The van der Waals surface area contributed by atoms with E-state index >= 15 is 0 Å². The molecule has 0 saturated carbocycles. The molecule has 27 heavy (non-hydrogen) atoms. The monoisotopic (exact) mass is 532 g/mol. The second-order valence-electron chi connectivity index (χ2n) is 7.64. The third kappa shape index (κ3) is 65.7. The van der Waals surface area contributed by atoms with E-state index in [1.54, 1.807) is 41.5 Å². The molecule has 0 unspecified atom stereocenters. The fourth-order valence-electron chi connectivity index (χ4n) is 1.87. The molecular weight excluding hydrogens is 483 g/mol. The van der Waals surface area contributed by atoms with Gasteiger partial charge in [-0.2, -0.15) is 0 Å². The third-order valence-electron chi connectivity index (χ3n) is 2.96. The van der Waals surface area contributed by atoms with E-state index in [2.05, 4.69) is 20.8 Å². The summed E-state index contributed by atoms with van der Waals surface area (Å²) in [5.74, 6) is 0. The standard InChI is InChI=1S/3C4H9.3C3H7O.O.Sn.Ti/c3*1-3-4-2;3*1-3(2)4;;;/h3*1,3-4H2,2H3;3*3H,1-2H3;;;/q;;;4*-1;;+4. The zero-order valence-corrected chi connectivity index (χ0v) is 24.1. The Balaban J connectivity index is -0.000000102. The zero-order valence-electron chi connectivity index (χ0n) is 19.7. The molecule has 0 atom stereocenters. The Morgan fingerprint density at radius 1 is 0.556 bits per heavy atom. The number of hydrogen-bond acceptors (Lipinski definition) is 4. The molecule has 0 aliphatic rings. The van der Waals surface area contributed by atoms with Crippen LogP contribution in [0.4, 0.5) is 0 Å². The molecule has 0 rings (SSSR count). The molecule has 0 aliphatic heterocycles. The minimum Gasteiger partial charge on any atom is 4.00 e. The molecule has 0 aromatic heterocycles. The van der Waals surface area contributed by atoms with Crippen molar-refractivity contribution in [1.82, 2.24) is 0 Å². The van der Waals surface area contributed by atoms with E-state index in [0.717, 1.165) is 13.3 Å². The van der Waals surface area contributed by atoms with Gasteiger partial charge in [0.25, 0.3) is 0 Å². The molecule has 0 amide bonds. The first-order valence-electron chi connectivity index (χ1n) is 10.6. The Labute approximate surface area is 190 Å². The van der Waals surface area contributed by atoms with Crippen LogP contribution in [0, 0.1) is 0 Å². The van der Waals surface area contributed by atoms with E-state index < -0.39 is 37.1 Å². The quantitative estimate of drug-likeness (QED) is 0.428. The van der Waals surface area contributed by atoms with Crippen molar-refractivity contribution < 1.29 is 40.5 Å². The number of unbranched alkanes of at least 4 members (excludes halogenated alkanes) is 3. The second kappa shape index (κ2) is 29.6. The summed E-state index contributed by atoms with van der Waals surface area (Å²) in [4.78, 5) is 0. The Morgan fingerprint density at radius 3 is 0.815 bits per heavy atom. The van der Waals surface area contributed by atoms with Crippen LogP contribution in [-0.4, -0.2) is 37.1 Å². The van der Waals surface area contributed by atoms with Crippen molar-refractivity contribution in [1.29, 1.82) is 0 Å². The molecule has 0 bridgehead atoms. The topological polar surface area (TPSA) is 92.2 Å². The van der Waals surface area contributed by atoms with Gasteiger partial charge >= 0.3 is 117 Å². The Kier molecular flexibility index (Phi) is 42.6. The van der Waals surface area contributed by atoms with Gasteiger partial charge in [0.15, 0.2) is 0 Å². The van der Waals surface area contributed by atoms with Crippen LogP contribution in [0.1, 0.15) is 101 Å². The van der Waals surface area contributed by atoms with Crippen molar-refractivity contribution in [3.63, 3.8) is 0 Å². The molecule has 0 spiro atoms. The van der Waals surface area contributed by atoms with Crippen molar-refractivity contribution in [3.8, 4) is 0 Å². The Hall–Kier alpha value is 1.35. The van der Waals surface area contributed by atoms with Crippen LogP contribution in [0.15, 0.2) is 0 Å². The van der Waals surface area contributed by atoms with Gasteiger partial charge in [0, 0.05) is 0 Å². The van der Waals surface area contributed by atoms with E-state index in [1.165, 1.54) is 38.5 Å². The van der Waals surface area contributed by atoms with Crippen LogP contribution in [0.3, 0.4) is 0 Å². The summed E-state index contributed by atoms with van der Waals surface area (Å²) in [5.41, 5.74) is 0. The molecule has 0 heterocycles. The molecule has 0 fully saturated rings. The SMILES string of the molecule is CC(C)[O-].CC(C)[O-].CC(C)[O-].CCC[CH2][Sn]([O-])([CH2]CCC)[CH2]CCC.[Ti+4]. The van der Waals surface area contributed by atoms with Crippen molar-refractivity contribution in [2.24, 2.45) is 0 Å². The molecule has 0 aliphatic carbocycles. The zero-order chi connectivity index (χ0) is 21.6. The van der Waals surface area contributed by atoms with E-state index in [9.17, 15) is 18.8 Å². The summed E-state index contributed by atoms with van der Waals surface area (Å²) < 4.78 is 15.9. The summed E-state index contributed by atoms with van der Waals surface area (Å²) in [7, 11) is 0. The largest absolute Gasteiger partial charge is 4.00 e. The van der Waals surface area contributed by atoms with Gasteiger partial charge in [-0.1, -0.05) is 41.5 Å². The van der Waals surface area contributed by atoms with E-state index in [1.807, 2.05) is 0 Å². The average Bonchev–Trinajstić information content (AvgIpc) is 2.47. The molecule has 0 aromatic carbocycles. The van der Waals surface area contributed by atoms with Crippen LogP contribution in [0.2, 0.25) is 13.3 Å². The fraction of sp³-hybridized carbons (Fsp3) is 1.00. The predicted molar refractivity (Wildman–Crippen MR) is 110 cm³/mol. The summed E-state index contributed by atoms with van der Waals surface area (Å²) in [5, 5.41) is 28.6. The normalized spacial score (nSPS) is 10.2. The second-order valence-corrected chi connectivity index (χ2v) is 18.7. The summed E-state index contributed by atoms with van der Waals surface area (Å²) >= 11 is -2.81. The van der Waals surface area contributed by atoms with Crippen molar-refractivity contribution in [2.75, 3.05) is 0 Å². The Morgan fingerprint density at radius 2 is 0.704 bits per heavy atom. The van der Waals surface area contributed by atoms with E-state index in [-0.39, 0.29) is 21.7 Å². The average molecular weight is 531 g/mol. The van der Waals surface area contributed by atoms with Crippen LogP contribution < -0.4 is 18.8 Å². The van der Waals surface area contributed by atoms with Crippen molar-refractivity contribution in [2.45, 2.75) is 132 Å². The number of rotatable bonds is 9. The van der Waals surface area contributed by atoms with Gasteiger partial charge in [-0.3, -0.25) is 0 Å². The first kappa shape index (κ1) is 38.9. The van der Waals surface area contributed by atoms with Crippen LogP contribution >= 0.6 is 0 Å². The molecule has 164 valence electrons. The first-order valence-corrected chi connectivity index (χ1v) is 17.8.